The van der Waals surface area contributed by atoms with Crippen molar-refractivity contribution in [2.75, 3.05) is 64.3 Å². The van der Waals surface area contributed by atoms with Gasteiger partial charge in [-0.05, 0) is 97.9 Å². The number of nitrogens with one attached hydrogen (secondary N) is 1. The Labute approximate surface area is 439 Å². The van der Waals surface area contributed by atoms with Crippen LogP contribution in [0.4, 0.5) is 33.5 Å². The molecule has 0 bridgehead atoms. The van der Waals surface area contributed by atoms with Crippen LogP contribution < -0.4 is 40.5 Å². The summed E-state index contributed by atoms with van der Waals surface area (Å²) < 4.78 is 111. The summed E-state index contributed by atoms with van der Waals surface area (Å²) >= 11 is 7.24. The van der Waals surface area contributed by atoms with E-state index in [-0.39, 0.29) is 82.6 Å². The molecule has 3 aromatic heterocycles. The summed E-state index contributed by atoms with van der Waals surface area (Å²) in [4.78, 5) is 32.4. The Balaban J connectivity index is 1.31. The van der Waals surface area contributed by atoms with Crippen LogP contribution in [-0.4, -0.2) is 97.9 Å². The molecule has 6 aromatic rings. The number of nitrogens with two attached hydrogens (primary N) is 1. The van der Waals surface area contributed by atoms with Gasteiger partial charge in [0, 0.05) is 65.7 Å². The van der Waals surface area contributed by atoms with E-state index in [4.69, 9.17) is 41.0 Å². The highest BCUT2D eigenvalue weighted by Gasteiger charge is 2.49. The van der Waals surface area contributed by atoms with Crippen LogP contribution in [0.25, 0.3) is 22.2 Å². The van der Waals surface area contributed by atoms with Gasteiger partial charge >= 0.3 is 12.2 Å². The van der Waals surface area contributed by atoms with Crippen LogP contribution in [-0.2, 0) is 30.7 Å². The van der Waals surface area contributed by atoms with Crippen molar-refractivity contribution >= 4 is 42.1 Å². The molecule has 2 aliphatic heterocycles. The summed E-state index contributed by atoms with van der Waals surface area (Å²) in [7, 11) is 1.46. The van der Waals surface area contributed by atoms with Gasteiger partial charge < -0.3 is 39.6 Å². The maximum atomic E-state index is 18.2. The molecule has 2 saturated heterocycles. The minimum absolute atomic E-state index is 0.0559. The van der Waals surface area contributed by atoms with Crippen LogP contribution in [0.1, 0.15) is 60.0 Å². The Bertz CT molecular complexity index is 2990. The van der Waals surface area contributed by atoms with Gasteiger partial charge in [0.1, 0.15) is 54.3 Å². The molecule has 0 aliphatic carbocycles. The summed E-state index contributed by atoms with van der Waals surface area (Å²) in [6.45, 7) is 10.5. The van der Waals surface area contributed by atoms with Crippen molar-refractivity contribution in [2.24, 2.45) is 0 Å². The van der Waals surface area contributed by atoms with E-state index >= 15 is 26.7 Å². The molecule has 8 rings (SSSR count). The fourth-order valence-electron chi connectivity index (χ4n) is 9.82. The number of methoxy groups -OCH3 is 2. The molecule has 0 spiro atoms. The molecule has 14 nitrogen and oxygen atoms in total. The molecule has 2 fully saturated rings. The van der Waals surface area contributed by atoms with E-state index < -0.39 is 75.8 Å². The number of nitrogen functional groups attached to an aromatic ring is 1. The van der Waals surface area contributed by atoms with E-state index in [2.05, 4.69) is 39.9 Å². The number of benzene rings is 3. The first-order chi connectivity index (χ1) is 35.7. The SMILES string of the molecule is COc1ccc(CN(Cc2ccc(OC)cc2)c2cc(C)c(C(F)(F)F)c(-c3c(Cl)c(OCCN[C@H](C)c4cncc(N)c4)c4c(=O)n(COCC[Si](C)(C)C)c(OC[C@@]56CCCN5C[C@H](F)C6)nc4c3F)n2)cc1. The van der Waals surface area contributed by atoms with Crippen molar-refractivity contribution in [3.8, 4) is 34.5 Å². The zero-order valence-corrected chi connectivity index (χ0v) is 45.0. The number of rotatable bonds is 22. The van der Waals surface area contributed by atoms with Gasteiger partial charge in [-0.3, -0.25) is 14.7 Å². The number of hydrogen-bond donors (Lipinski definition) is 2. The normalized spacial score (nSPS) is 17.3. The second-order valence-electron chi connectivity index (χ2n) is 20.5. The van der Waals surface area contributed by atoms with E-state index in [1.165, 1.54) is 33.4 Å². The highest BCUT2D eigenvalue weighted by atomic mass is 35.5. The third-order valence-corrected chi connectivity index (χ3v) is 15.9. The van der Waals surface area contributed by atoms with Crippen LogP contribution in [0.3, 0.4) is 0 Å². The number of anilines is 2. The van der Waals surface area contributed by atoms with E-state index in [0.29, 0.717) is 30.2 Å². The van der Waals surface area contributed by atoms with Gasteiger partial charge in [0.05, 0.1) is 47.3 Å². The molecule has 3 N–H and O–H groups in total. The molecule has 0 radical (unpaired) electrons. The van der Waals surface area contributed by atoms with Gasteiger partial charge in [-0.2, -0.15) is 18.2 Å². The number of halogens is 6. The fraction of sp³-hybridized carbons (Fsp3) is 0.444. The predicted molar refractivity (Wildman–Crippen MR) is 283 cm³/mol. The van der Waals surface area contributed by atoms with Gasteiger partial charge in [-0.1, -0.05) is 55.5 Å². The van der Waals surface area contributed by atoms with Gasteiger partial charge in [-0.15, -0.1) is 0 Å². The minimum Gasteiger partial charge on any atom is -0.497 e. The minimum atomic E-state index is -5.09. The maximum Gasteiger partial charge on any atom is 0.418 e. The van der Waals surface area contributed by atoms with Crippen LogP contribution in [0, 0.1) is 12.7 Å². The summed E-state index contributed by atoms with van der Waals surface area (Å²) in [5.74, 6) is -0.532. The highest BCUT2D eigenvalue weighted by molar-refractivity contribution is 6.76. The number of hydrogen-bond acceptors (Lipinski definition) is 13. The molecular formula is C54H64ClF5N8O6Si. The lowest BCUT2D eigenvalue weighted by Crippen LogP contribution is -2.44. The van der Waals surface area contributed by atoms with Crippen LogP contribution in [0.2, 0.25) is 30.7 Å². The summed E-state index contributed by atoms with van der Waals surface area (Å²) in [6, 6.07) is 17.5. The van der Waals surface area contributed by atoms with Crippen LogP contribution >= 0.6 is 11.6 Å². The standard InChI is InChI=1S/C54H64ClF5N8O6Si/c1-33-23-42(66(28-35-9-13-40(70-3)14-10-35)29-36-11-15-41(71-4)16-12-36)64-48(45(33)54(58,59)60)43-46(55)50(73-20-18-63-34(2)37-24-39(61)27-62-26-37)44-49(47(43)57)65-52(68(51(44)69)32-72-21-22-75(5,6)7)74-31-53-17-8-19-67(53)30-38(56)25-53/h9-16,23-24,26-27,34,38,63H,8,17-22,25,28-32,61H2,1-7H3/t34-,38-,53+/m1/s1. The van der Waals surface area contributed by atoms with E-state index in [1.807, 2.05) is 36.1 Å². The van der Waals surface area contributed by atoms with E-state index in [0.717, 1.165) is 33.7 Å². The molecule has 3 atom stereocenters. The van der Waals surface area contributed by atoms with Gasteiger partial charge in [0.15, 0.2) is 11.6 Å². The molecule has 75 heavy (non-hydrogen) atoms. The molecule has 3 aromatic carbocycles. The third-order valence-electron chi connectivity index (χ3n) is 13.8. The quantitative estimate of drug-likeness (QED) is 0.0377. The Kier molecular flexibility index (Phi) is 17.0. The molecule has 402 valence electrons. The van der Waals surface area contributed by atoms with Crippen molar-refractivity contribution in [1.29, 1.82) is 0 Å². The third kappa shape index (κ3) is 12.6. The smallest absolute Gasteiger partial charge is 0.418 e. The van der Waals surface area contributed by atoms with Gasteiger partial charge in [0.25, 0.3) is 5.56 Å². The first-order valence-electron chi connectivity index (χ1n) is 24.9. The number of nitrogens with zero attached hydrogens (tertiary/aromatic N) is 6. The number of alkyl halides is 4. The molecule has 5 heterocycles. The fourth-order valence-corrected chi connectivity index (χ4v) is 10.9. The topological polar surface area (TPSA) is 151 Å². The van der Waals surface area contributed by atoms with Crippen molar-refractivity contribution in [3.05, 3.63) is 122 Å². The van der Waals surface area contributed by atoms with Crippen molar-refractivity contribution in [1.82, 2.24) is 29.7 Å². The summed E-state index contributed by atoms with van der Waals surface area (Å²) in [5.41, 5.74) is 3.28. The van der Waals surface area contributed by atoms with Crippen LogP contribution in [0.15, 0.2) is 77.9 Å². The first kappa shape index (κ1) is 55.2. The number of aromatic nitrogens is 4. The average molecular weight is 1080 g/mol. The summed E-state index contributed by atoms with van der Waals surface area (Å²) in [5, 5.41) is 2.20. The molecule has 21 heteroatoms. The second kappa shape index (κ2) is 23.0. The lowest BCUT2D eigenvalue weighted by Gasteiger charge is -2.31. The molecule has 0 saturated carbocycles. The van der Waals surface area contributed by atoms with E-state index in [1.54, 1.807) is 41.4 Å². The predicted octanol–water partition coefficient (Wildman–Crippen LogP) is 10.8. The molecule has 0 unspecified atom stereocenters. The summed E-state index contributed by atoms with van der Waals surface area (Å²) in [6.07, 6.45) is -1.46. The first-order valence-corrected chi connectivity index (χ1v) is 29.0. The number of pyridine rings is 2. The molecule has 0 amide bonds. The molecular weight excluding hydrogens is 1020 g/mol. The number of aryl methyl sites for hydroxylation is 1. The molecule has 2 aliphatic rings. The Hall–Kier alpha value is -6.06. The number of fused-ring (bicyclic) bond motifs is 2. The zero-order valence-electron chi connectivity index (χ0n) is 43.3. The van der Waals surface area contributed by atoms with Gasteiger partial charge in [-0.25, -0.2) is 18.3 Å². The highest BCUT2D eigenvalue weighted by Crippen LogP contribution is 2.48. The van der Waals surface area contributed by atoms with Crippen LogP contribution in [0.5, 0.6) is 23.3 Å². The Morgan fingerprint density at radius 1 is 0.973 bits per heavy atom. The van der Waals surface area contributed by atoms with Crippen molar-refractivity contribution < 1.29 is 45.6 Å². The van der Waals surface area contributed by atoms with Gasteiger partial charge in [0.2, 0.25) is 0 Å². The Morgan fingerprint density at radius 3 is 2.25 bits per heavy atom. The second-order valence-corrected chi connectivity index (χ2v) is 26.5. The average Bonchev–Trinajstić information content (AvgIpc) is 3.91. The lowest BCUT2D eigenvalue weighted by atomic mass is 9.95. The largest absolute Gasteiger partial charge is 0.497 e. The maximum absolute atomic E-state index is 18.2. The van der Waals surface area contributed by atoms with Crippen molar-refractivity contribution in [3.63, 3.8) is 0 Å². The zero-order chi connectivity index (χ0) is 53.8. The Morgan fingerprint density at radius 2 is 1.64 bits per heavy atom. The number of ether oxygens (including phenoxy) is 5. The van der Waals surface area contributed by atoms with E-state index in [9.17, 15) is 0 Å². The monoisotopic (exact) mass is 1080 g/mol. The lowest BCUT2D eigenvalue weighted by molar-refractivity contribution is -0.137. The van der Waals surface area contributed by atoms with Crippen molar-refractivity contribution in [2.45, 2.75) is 103 Å².